The topological polar surface area (TPSA) is 0 Å². The van der Waals surface area contributed by atoms with Gasteiger partial charge in [-0.3, -0.25) is 0 Å². The van der Waals surface area contributed by atoms with E-state index in [1.807, 2.05) is 0 Å². The Morgan fingerprint density at radius 1 is 0.562 bits per heavy atom. The van der Waals surface area contributed by atoms with Crippen molar-refractivity contribution >= 4 is 48.2 Å². The van der Waals surface area contributed by atoms with Gasteiger partial charge in [-0.2, -0.15) is 0 Å². The monoisotopic (exact) mass is 474 g/mol. The van der Waals surface area contributed by atoms with E-state index in [1.54, 1.807) is 0 Å². The van der Waals surface area contributed by atoms with Crippen LogP contribution in [0.2, 0.25) is 0 Å². The van der Waals surface area contributed by atoms with Crippen molar-refractivity contribution < 1.29 is 0 Å². The van der Waals surface area contributed by atoms with Gasteiger partial charge in [0.25, 0.3) is 0 Å². The smallest absolute Gasteiger partial charge is 0.0254 e. The van der Waals surface area contributed by atoms with E-state index in [9.17, 15) is 0 Å². The normalized spacial score (nSPS) is 12.7. The Bertz CT molecular complexity index is 1520. The highest BCUT2D eigenvalue weighted by molar-refractivity contribution is 9.10. The fourth-order valence-electron chi connectivity index (χ4n) is 5.23. The van der Waals surface area contributed by atoms with Gasteiger partial charge in [0.2, 0.25) is 0 Å². The fraction of sp³-hybridized carbons (Fsp3) is 0.0968. The van der Waals surface area contributed by atoms with Crippen molar-refractivity contribution in [2.75, 3.05) is 0 Å². The summed E-state index contributed by atoms with van der Waals surface area (Å²) in [6.07, 6.45) is 2.15. The van der Waals surface area contributed by atoms with E-state index in [1.165, 1.54) is 49.0 Å². The maximum absolute atomic E-state index is 3.78. The maximum Gasteiger partial charge on any atom is 0.0254 e. The third-order valence-electron chi connectivity index (χ3n) is 6.79. The molecule has 0 N–H and O–H groups in total. The molecule has 1 unspecified atom stereocenters. The highest BCUT2D eigenvalue weighted by Crippen LogP contribution is 2.42. The van der Waals surface area contributed by atoms with Gasteiger partial charge in [-0.1, -0.05) is 119 Å². The second-order valence-electron chi connectivity index (χ2n) is 8.61. The van der Waals surface area contributed by atoms with Crippen LogP contribution in [0.1, 0.15) is 29.0 Å². The van der Waals surface area contributed by atoms with E-state index in [-0.39, 0.29) is 0 Å². The average Bonchev–Trinajstić information content (AvgIpc) is 2.85. The summed E-state index contributed by atoms with van der Waals surface area (Å²) in [7, 11) is 0. The van der Waals surface area contributed by atoms with Gasteiger partial charge in [-0.15, -0.1) is 0 Å². The van der Waals surface area contributed by atoms with E-state index in [4.69, 9.17) is 0 Å². The molecule has 0 radical (unpaired) electrons. The molecule has 0 amide bonds. The highest BCUT2D eigenvalue weighted by Gasteiger charge is 2.19. The third kappa shape index (κ3) is 3.29. The molecule has 0 spiro atoms. The van der Waals surface area contributed by atoms with Crippen LogP contribution in [-0.4, -0.2) is 0 Å². The van der Waals surface area contributed by atoms with E-state index in [2.05, 4.69) is 125 Å². The first-order valence-electron chi connectivity index (χ1n) is 11.2. The summed E-state index contributed by atoms with van der Waals surface area (Å²) in [6, 6.07) is 40.1. The molecule has 6 rings (SSSR count). The molecule has 154 valence electrons. The minimum Gasteiger partial charge on any atom is -0.0622 e. The number of hydrogen-bond acceptors (Lipinski definition) is 0. The van der Waals surface area contributed by atoms with Crippen LogP contribution < -0.4 is 0 Å². The molecule has 6 aromatic rings. The molecule has 0 saturated carbocycles. The second kappa shape index (κ2) is 8.07. The van der Waals surface area contributed by atoms with Crippen molar-refractivity contribution in [2.45, 2.75) is 18.8 Å². The van der Waals surface area contributed by atoms with Crippen LogP contribution in [0.5, 0.6) is 0 Å². The Hall–Kier alpha value is -3.16. The lowest BCUT2D eigenvalue weighted by Crippen LogP contribution is -2.04. The minimum atomic E-state index is 0.351. The Morgan fingerprint density at radius 2 is 1.16 bits per heavy atom. The zero-order valence-electron chi connectivity index (χ0n) is 17.8. The third-order valence-corrected chi connectivity index (χ3v) is 7.48. The van der Waals surface area contributed by atoms with Gasteiger partial charge in [-0.05, 0) is 67.9 Å². The first-order chi connectivity index (χ1) is 15.8. The van der Waals surface area contributed by atoms with Crippen LogP contribution in [0, 0.1) is 0 Å². The summed E-state index contributed by atoms with van der Waals surface area (Å²) in [5, 5.41) is 8.04. The van der Waals surface area contributed by atoms with Crippen LogP contribution in [0.15, 0.2) is 114 Å². The van der Waals surface area contributed by atoms with Gasteiger partial charge < -0.3 is 0 Å². The van der Waals surface area contributed by atoms with Crippen molar-refractivity contribution in [3.05, 3.63) is 130 Å². The van der Waals surface area contributed by atoms with Gasteiger partial charge in [0.15, 0.2) is 0 Å². The van der Waals surface area contributed by atoms with E-state index >= 15 is 0 Å². The molecule has 0 aliphatic carbocycles. The summed E-state index contributed by atoms with van der Waals surface area (Å²) >= 11 is 3.78. The number of aryl methyl sites for hydroxylation is 1. The molecule has 0 aromatic heterocycles. The summed E-state index contributed by atoms with van der Waals surface area (Å²) < 4.78 is 1.16. The first-order valence-corrected chi connectivity index (χ1v) is 12.0. The molecule has 0 saturated heterocycles. The van der Waals surface area contributed by atoms with Crippen molar-refractivity contribution in [1.29, 1.82) is 0 Å². The van der Waals surface area contributed by atoms with Crippen molar-refractivity contribution in [3.63, 3.8) is 0 Å². The van der Waals surface area contributed by atoms with Gasteiger partial charge in [-0.25, -0.2) is 0 Å². The predicted octanol–water partition coefficient (Wildman–Crippen LogP) is 9.11. The van der Waals surface area contributed by atoms with Crippen molar-refractivity contribution in [3.8, 4) is 0 Å². The molecule has 6 aromatic carbocycles. The molecule has 0 nitrogen and oxygen atoms in total. The largest absolute Gasteiger partial charge is 0.0622 e. The van der Waals surface area contributed by atoms with E-state index in [0.29, 0.717) is 5.92 Å². The summed E-state index contributed by atoms with van der Waals surface area (Å²) in [4.78, 5) is 0. The van der Waals surface area contributed by atoms with Crippen LogP contribution in [0.4, 0.5) is 0 Å². The molecule has 0 aliphatic rings. The number of rotatable bonds is 5. The molecular weight excluding hydrogens is 452 g/mol. The molecule has 0 heterocycles. The summed E-state index contributed by atoms with van der Waals surface area (Å²) in [5.41, 5.74) is 4.21. The summed E-state index contributed by atoms with van der Waals surface area (Å²) in [6.45, 7) is 0. The molecule has 0 aliphatic heterocycles. The van der Waals surface area contributed by atoms with E-state index in [0.717, 1.165) is 17.3 Å². The second-order valence-corrected chi connectivity index (χ2v) is 9.47. The average molecular weight is 475 g/mol. The molecule has 0 bridgehead atoms. The van der Waals surface area contributed by atoms with Gasteiger partial charge >= 0.3 is 0 Å². The summed E-state index contributed by atoms with van der Waals surface area (Å²) in [5.74, 6) is 0.351. The number of benzene rings is 6. The molecule has 0 fully saturated rings. The van der Waals surface area contributed by atoms with Crippen molar-refractivity contribution in [1.82, 2.24) is 0 Å². The SMILES string of the molecule is Brc1ccc2ccc3c(C(CCc4ccccc4)c4ccccc4)ccc4ccc1c2c43. The first kappa shape index (κ1) is 19.5. The molecule has 1 heteroatoms. The van der Waals surface area contributed by atoms with Crippen LogP contribution in [0.25, 0.3) is 32.3 Å². The van der Waals surface area contributed by atoms with Gasteiger partial charge in [0.1, 0.15) is 0 Å². The number of hydrogen-bond donors (Lipinski definition) is 0. The lowest BCUT2D eigenvalue weighted by Gasteiger charge is -2.22. The van der Waals surface area contributed by atoms with Gasteiger partial charge in [0.05, 0.1) is 0 Å². The molecule has 32 heavy (non-hydrogen) atoms. The van der Waals surface area contributed by atoms with Crippen molar-refractivity contribution in [2.24, 2.45) is 0 Å². The Kier molecular flexibility index (Phi) is 4.92. The predicted molar refractivity (Wildman–Crippen MR) is 141 cm³/mol. The lowest BCUT2D eigenvalue weighted by molar-refractivity contribution is 0.720. The van der Waals surface area contributed by atoms with E-state index < -0.39 is 0 Å². The van der Waals surface area contributed by atoms with Crippen LogP contribution in [0.3, 0.4) is 0 Å². The highest BCUT2D eigenvalue weighted by atomic mass is 79.9. The standard InChI is InChI=1S/C31H23Br/c32-29-20-15-24-13-18-27-26(17-12-23-14-19-28(29)31(24)30(23)27)25(22-9-5-2-6-10-22)16-11-21-7-3-1-4-8-21/h1-10,12-15,17-20,25H,11,16H2. The Balaban J connectivity index is 1.56. The quantitative estimate of drug-likeness (QED) is 0.218. The zero-order valence-corrected chi connectivity index (χ0v) is 19.3. The molecular formula is C31H23Br. The number of halogens is 1. The zero-order chi connectivity index (χ0) is 21.5. The Labute approximate surface area is 197 Å². The fourth-order valence-corrected chi connectivity index (χ4v) is 5.70. The lowest BCUT2D eigenvalue weighted by atomic mass is 9.82. The van der Waals surface area contributed by atoms with Crippen LogP contribution >= 0.6 is 15.9 Å². The maximum atomic E-state index is 3.78. The molecule has 1 atom stereocenters. The van der Waals surface area contributed by atoms with Crippen LogP contribution in [-0.2, 0) is 6.42 Å². The van der Waals surface area contributed by atoms with Gasteiger partial charge in [0, 0.05) is 10.4 Å². The minimum absolute atomic E-state index is 0.351. The Morgan fingerprint density at radius 3 is 1.91 bits per heavy atom.